The van der Waals surface area contributed by atoms with Gasteiger partial charge in [0.05, 0.1) is 5.56 Å². The van der Waals surface area contributed by atoms with Crippen LogP contribution < -0.4 is 0 Å². The number of aliphatic hydroxyl groups is 1. The SMILES string of the molecule is CC(C)(c1cnccc1C(F)(F)F)C(O)C(=O)O. The van der Waals surface area contributed by atoms with Gasteiger partial charge in [-0.15, -0.1) is 0 Å². The standard InChI is InChI=1S/C11H12F3NO3/c1-10(2,8(16)9(17)18)7-5-15-4-3-6(7)11(12,13)14/h3-5,8,16H,1-2H3,(H,17,18). The molecule has 0 spiro atoms. The van der Waals surface area contributed by atoms with E-state index in [0.29, 0.717) is 0 Å². The molecule has 1 heterocycles. The maximum absolute atomic E-state index is 12.8. The zero-order valence-electron chi connectivity index (χ0n) is 9.69. The topological polar surface area (TPSA) is 70.4 Å². The summed E-state index contributed by atoms with van der Waals surface area (Å²) in [5.41, 5.74) is -2.96. The number of rotatable bonds is 3. The molecular formula is C11H12F3NO3. The lowest BCUT2D eigenvalue weighted by Crippen LogP contribution is -2.41. The fraction of sp³-hybridized carbons (Fsp3) is 0.455. The summed E-state index contributed by atoms with van der Waals surface area (Å²) in [5.74, 6) is -1.59. The van der Waals surface area contributed by atoms with E-state index in [1.807, 2.05) is 0 Å². The fourth-order valence-corrected chi connectivity index (χ4v) is 1.61. The van der Waals surface area contributed by atoms with Crippen molar-refractivity contribution in [1.82, 2.24) is 4.98 Å². The van der Waals surface area contributed by atoms with Crippen molar-refractivity contribution in [2.24, 2.45) is 0 Å². The molecule has 0 saturated carbocycles. The van der Waals surface area contributed by atoms with Gasteiger partial charge in [0.15, 0.2) is 6.10 Å². The first-order valence-electron chi connectivity index (χ1n) is 5.01. The number of aliphatic carboxylic acids is 1. The average Bonchev–Trinajstić information content (AvgIpc) is 2.26. The van der Waals surface area contributed by atoms with Crippen LogP contribution in [0, 0.1) is 0 Å². The quantitative estimate of drug-likeness (QED) is 0.872. The molecule has 0 aromatic carbocycles. The molecule has 0 aliphatic carbocycles. The van der Waals surface area contributed by atoms with Gasteiger partial charge in [-0.3, -0.25) is 4.98 Å². The second-order valence-electron chi connectivity index (χ2n) is 4.38. The minimum atomic E-state index is -4.63. The number of carboxylic acid groups (broad SMARTS) is 1. The molecule has 0 aliphatic heterocycles. The molecule has 1 atom stereocenters. The monoisotopic (exact) mass is 263 g/mol. The molecule has 0 amide bonds. The third kappa shape index (κ3) is 2.61. The van der Waals surface area contributed by atoms with Crippen LogP contribution in [0.25, 0.3) is 0 Å². The lowest BCUT2D eigenvalue weighted by Gasteiger charge is -2.30. The first-order valence-corrected chi connectivity index (χ1v) is 5.01. The number of hydrogen-bond acceptors (Lipinski definition) is 3. The molecular weight excluding hydrogens is 251 g/mol. The summed E-state index contributed by atoms with van der Waals surface area (Å²) >= 11 is 0. The van der Waals surface area contributed by atoms with Crippen LogP contribution in [-0.4, -0.2) is 27.3 Å². The summed E-state index contributed by atoms with van der Waals surface area (Å²) in [6.45, 7) is 2.44. The molecule has 0 aliphatic rings. The van der Waals surface area contributed by atoms with E-state index in [4.69, 9.17) is 5.11 Å². The van der Waals surface area contributed by atoms with Crippen LogP contribution >= 0.6 is 0 Å². The van der Waals surface area contributed by atoms with E-state index in [9.17, 15) is 23.1 Å². The van der Waals surface area contributed by atoms with Crippen LogP contribution in [-0.2, 0) is 16.4 Å². The lowest BCUT2D eigenvalue weighted by atomic mass is 9.78. The van der Waals surface area contributed by atoms with Gasteiger partial charge in [-0.05, 0) is 11.6 Å². The molecule has 0 radical (unpaired) electrons. The van der Waals surface area contributed by atoms with Gasteiger partial charge >= 0.3 is 12.1 Å². The van der Waals surface area contributed by atoms with E-state index in [0.717, 1.165) is 18.5 Å². The summed E-state index contributed by atoms with van der Waals surface area (Å²) in [5, 5.41) is 18.2. The maximum Gasteiger partial charge on any atom is 0.416 e. The highest BCUT2D eigenvalue weighted by molar-refractivity contribution is 5.74. The van der Waals surface area contributed by atoms with Crippen molar-refractivity contribution in [3.05, 3.63) is 29.6 Å². The molecule has 100 valence electrons. The first-order chi connectivity index (χ1) is 8.08. The van der Waals surface area contributed by atoms with E-state index < -0.39 is 29.2 Å². The van der Waals surface area contributed by atoms with Crippen molar-refractivity contribution in [3.63, 3.8) is 0 Å². The summed E-state index contributed by atoms with van der Waals surface area (Å²) < 4.78 is 38.4. The Morgan fingerprint density at radius 1 is 1.33 bits per heavy atom. The highest BCUT2D eigenvalue weighted by Gasteiger charge is 2.42. The zero-order chi connectivity index (χ0) is 14.1. The smallest absolute Gasteiger partial charge is 0.416 e. The Kier molecular flexibility index (Phi) is 3.66. The van der Waals surface area contributed by atoms with Crippen LogP contribution in [0.1, 0.15) is 25.0 Å². The zero-order valence-corrected chi connectivity index (χ0v) is 9.69. The number of pyridine rings is 1. The third-order valence-corrected chi connectivity index (χ3v) is 2.74. The Morgan fingerprint density at radius 3 is 2.33 bits per heavy atom. The summed E-state index contributed by atoms with van der Waals surface area (Å²) in [7, 11) is 0. The second kappa shape index (κ2) is 4.56. The van der Waals surface area contributed by atoms with Crippen LogP contribution in [0.15, 0.2) is 18.5 Å². The number of alkyl halides is 3. The highest BCUT2D eigenvalue weighted by Crippen LogP contribution is 2.38. The van der Waals surface area contributed by atoms with Gasteiger partial charge in [0.1, 0.15) is 0 Å². The number of halogens is 3. The number of carboxylic acids is 1. The minimum absolute atomic E-state index is 0.354. The first kappa shape index (κ1) is 14.4. The largest absolute Gasteiger partial charge is 0.479 e. The molecule has 1 aromatic rings. The molecule has 1 rings (SSSR count). The highest BCUT2D eigenvalue weighted by atomic mass is 19.4. The second-order valence-corrected chi connectivity index (χ2v) is 4.38. The van der Waals surface area contributed by atoms with E-state index in [1.54, 1.807) is 0 Å². The summed E-state index contributed by atoms with van der Waals surface area (Å²) in [4.78, 5) is 14.3. The van der Waals surface area contributed by atoms with Crippen molar-refractivity contribution in [1.29, 1.82) is 0 Å². The predicted molar refractivity (Wildman–Crippen MR) is 55.9 cm³/mol. The maximum atomic E-state index is 12.8. The van der Waals surface area contributed by atoms with Crippen molar-refractivity contribution >= 4 is 5.97 Å². The summed E-state index contributed by atoms with van der Waals surface area (Å²) in [6, 6.07) is 0.756. The van der Waals surface area contributed by atoms with Gasteiger partial charge in [-0.25, -0.2) is 4.79 Å². The van der Waals surface area contributed by atoms with Crippen molar-refractivity contribution in [2.45, 2.75) is 31.5 Å². The lowest BCUT2D eigenvalue weighted by molar-refractivity contribution is -0.151. The fourth-order valence-electron chi connectivity index (χ4n) is 1.61. The number of aliphatic hydroxyl groups excluding tert-OH is 1. The van der Waals surface area contributed by atoms with E-state index in [-0.39, 0.29) is 5.56 Å². The molecule has 1 unspecified atom stereocenters. The van der Waals surface area contributed by atoms with E-state index >= 15 is 0 Å². The Bertz CT molecular complexity index is 457. The molecule has 2 N–H and O–H groups in total. The average molecular weight is 263 g/mol. The van der Waals surface area contributed by atoms with Crippen LogP contribution in [0.2, 0.25) is 0 Å². The van der Waals surface area contributed by atoms with Crippen molar-refractivity contribution in [3.8, 4) is 0 Å². The van der Waals surface area contributed by atoms with Crippen LogP contribution in [0.4, 0.5) is 13.2 Å². The Morgan fingerprint density at radius 2 is 1.89 bits per heavy atom. The van der Waals surface area contributed by atoms with E-state index in [1.165, 1.54) is 13.8 Å². The molecule has 0 saturated heterocycles. The Balaban J connectivity index is 3.37. The van der Waals surface area contributed by atoms with Gasteiger partial charge in [0, 0.05) is 17.8 Å². The number of nitrogens with zero attached hydrogens (tertiary/aromatic N) is 1. The van der Waals surface area contributed by atoms with Gasteiger partial charge in [-0.2, -0.15) is 13.2 Å². The van der Waals surface area contributed by atoms with Crippen molar-refractivity contribution < 1.29 is 28.2 Å². The van der Waals surface area contributed by atoms with Gasteiger partial charge in [0.2, 0.25) is 0 Å². The normalized spacial score (nSPS) is 14.3. The molecule has 1 aromatic heterocycles. The predicted octanol–water partition coefficient (Wildman–Crippen LogP) is 1.82. The van der Waals surface area contributed by atoms with E-state index in [2.05, 4.69) is 4.98 Å². The minimum Gasteiger partial charge on any atom is -0.479 e. The molecule has 7 heteroatoms. The van der Waals surface area contributed by atoms with Crippen LogP contribution in [0.3, 0.4) is 0 Å². The van der Waals surface area contributed by atoms with Crippen molar-refractivity contribution in [2.75, 3.05) is 0 Å². The molecule has 0 bridgehead atoms. The number of carbonyl (C=O) groups is 1. The summed E-state index contributed by atoms with van der Waals surface area (Å²) in [6.07, 6.45) is -4.69. The Hall–Kier alpha value is -1.63. The number of hydrogen-bond donors (Lipinski definition) is 2. The van der Waals surface area contributed by atoms with Gasteiger partial charge in [-0.1, -0.05) is 13.8 Å². The molecule has 0 fully saturated rings. The third-order valence-electron chi connectivity index (χ3n) is 2.74. The van der Waals surface area contributed by atoms with Gasteiger partial charge in [0.25, 0.3) is 0 Å². The van der Waals surface area contributed by atoms with Gasteiger partial charge < -0.3 is 10.2 Å². The van der Waals surface area contributed by atoms with Crippen LogP contribution in [0.5, 0.6) is 0 Å². The number of aromatic nitrogens is 1. The molecule has 18 heavy (non-hydrogen) atoms. The molecule has 4 nitrogen and oxygen atoms in total. The Labute approximate surface area is 101 Å².